The summed E-state index contributed by atoms with van der Waals surface area (Å²) in [5.74, 6) is 0. The SMILES string of the molecule is C=C[CH2][La]. The van der Waals surface area contributed by atoms with E-state index in [4.69, 9.17) is 0 Å². The van der Waals surface area contributed by atoms with Gasteiger partial charge in [0.15, 0.2) is 0 Å². The van der Waals surface area contributed by atoms with Gasteiger partial charge in [-0.1, -0.05) is 0 Å². The fourth-order valence-electron chi connectivity index (χ4n) is 0. The molecule has 0 aromatic carbocycles. The molecule has 0 heterocycles. The van der Waals surface area contributed by atoms with E-state index in [9.17, 15) is 0 Å². The van der Waals surface area contributed by atoms with E-state index in [1.165, 1.54) is 2.82 Å². The Bertz CT molecular complexity index is 17.2. The first kappa shape index (κ1) is 4.93. The van der Waals surface area contributed by atoms with E-state index in [-0.39, 0.29) is 0 Å². The molecule has 0 saturated carbocycles. The van der Waals surface area contributed by atoms with E-state index in [0.29, 0.717) is 0 Å². The number of hydrogen-bond acceptors (Lipinski definition) is 0. The standard InChI is InChI=1S/C3H5.La/c1-3-2;/h3H,1-2H2;. The molecule has 1 heteroatoms. The van der Waals surface area contributed by atoms with E-state index >= 15 is 0 Å². The Morgan fingerprint density at radius 1 is 2.00 bits per heavy atom. The van der Waals surface area contributed by atoms with Crippen LogP contribution in [0.25, 0.3) is 0 Å². The summed E-state index contributed by atoms with van der Waals surface area (Å²) in [6.07, 6.45) is 1.95. The molecule has 0 nitrogen and oxygen atoms in total. The van der Waals surface area contributed by atoms with Crippen LogP contribution in [0.4, 0.5) is 0 Å². The van der Waals surface area contributed by atoms with Crippen molar-refractivity contribution in [3.63, 3.8) is 0 Å². The van der Waals surface area contributed by atoms with Gasteiger partial charge in [0.05, 0.1) is 0 Å². The molecule has 0 aliphatic carbocycles. The quantitative estimate of drug-likeness (QED) is 0.530. The average Bonchev–Trinajstić information content (AvgIpc) is 1.37. The van der Waals surface area contributed by atoms with Gasteiger partial charge >= 0.3 is 49.2 Å². The molecule has 0 aromatic rings. The van der Waals surface area contributed by atoms with Gasteiger partial charge in [0.1, 0.15) is 0 Å². The molecule has 0 aliphatic heterocycles. The van der Waals surface area contributed by atoms with E-state index < -0.39 is 0 Å². The first-order valence-corrected chi connectivity index (χ1v) is 3.79. The van der Waals surface area contributed by atoms with Crippen LogP contribution >= 0.6 is 0 Å². The Labute approximate surface area is 48.9 Å². The molecule has 0 saturated heterocycles. The zero-order valence-electron chi connectivity index (χ0n) is 2.57. The summed E-state index contributed by atoms with van der Waals surface area (Å²) in [5.41, 5.74) is 0. The summed E-state index contributed by atoms with van der Waals surface area (Å²) in [6.45, 7) is 3.52. The zero-order valence-corrected chi connectivity index (χ0v) is 6.19. The van der Waals surface area contributed by atoms with Crippen molar-refractivity contribution >= 4 is 0 Å². The molecule has 4 heavy (non-hydrogen) atoms. The predicted molar refractivity (Wildman–Crippen MR) is 15.0 cm³/mol. The first-order chi connectivity index (χ1) is 1.91. The van der Waals surface area contributed by atoms with Crippen LogP contribution < -0.4 is 0 Å². The third-order valence-corrected chi connectivity index (χ3v) is 1.21. The zero-order chi connectivity index (χ0) is 3.41. The molecule has 0 bridgehead atoms. The minimum absolute atomic E-state index is 1.11. The minimum atomic E-state index is 1.11. The van der Waals surface area contributed by atoms with Crippen LogP contribution in [-0.4, -0.2) is 0 Å². The Kier molecular flexibility index (Phi) is 4.85. The van der Waals surface area contributed by atoms with Crippen molar-refractivity contribution in [2.24, 2.45) is 0 Å². The summed E-state index contributed by atoms with van der Waals surface area (Å²) in [7, 11) is 0. The summed E-state index contributed by atoms with van der Waals surface area (Å²) >= 11 is 1.11. The van der Waals surface area contributed by atoms with Crippen molar-refractivity contribution < 1.29 is 33.7 Å². The third kappa shape index (κ3) is 2.93. The molecule has 0 radical (unpaired) electrons. The van der Waals surface area contributed by atoms with Crippen molar-refractivity contribution in [1.29, 1.82) is 0 Å². The van der Waals surface area contributed by atoms with Gasteiger partial charge in [-0.25, -0.2) is 0 Å². The van der Waals surface area contributed by atoms with E-state index in [1.54, 1.807) is 0 Å². The van der Waals surface area contributed by atoms with Gasteiger partial charge in [-0.15, -0.1) is 0 Å². The summed E-state index contributed by atoms with van der Waals surface area (Å²) in [6, 6.07) is 0. The van der Waals surface area contributed by atoms with Crippen LogP contribution in [0.3, 0.4) is 0 Å². The van der Waals surface area contributed by atoms with Gasteiger partial charge in [0.25, 0.3) is 0 Å². The second-order valence-corrected chi connectivity index (χ2v) is 2.00. The Balaban J connectivity index is 2.30. The van der Waals surface area contributed by atoms with Crippen molar-refractivity contribution in [2.75, 3.05) is 0 Å². The Morgan fingerprint density at radius 2 is 2.25 bits per heavy atom. The van der Waals surface area contributed by atoms with Crippen LogP contribution in [-0.2, 0) is 0 Å². The number of allylic oxidation sites excluding steroid dienone is 1. The molecule has 0 unspecified atom stereocenters. The topological polar surface area (TPSA) is 0 Å². The normalized spacial score (nSPS) is 5.75. The second-order valence-electron chi connectivity index (χ2n) is 0.524. The summed E-state index contributed by atoms with van der Waals surface area (Å²) < 4.78 is 1.25. The molecular weight excluding hydrogens is 175 g/mol. The fourth-order valence-corrected chi connectivity index (χ4v) is 0. The van der Waals surface area contributed by atoms with Gasteiger partial charge in [-0.3, -0.25) is 0 Å². The molecule has 20 valence electrons. The van der Waals surface area contributed by atoms with Crippen molar-refractivity contribution in [1.82, 2.24) is 0 Å². The maximum absolute atomic E-state index is 3.52. The molecule has 0 aromatic heterocycles. The Hall–Kier alpha value is 0.935. The molecule has 0 fully saturated rings. The molecule has 0 aliphatic rings. The van der Waals surface area contributed by atoms with Gasteiger partial charge in [0.2, 0.25) is 0 Å². The van der Waals surface area contributed by atoms with E-state index in [2.05, 4.69) is 6.58 Å². The van der Waals surface area contributed by atoms with Gasteiger partial charge in [-0.2, -0.15) is 0 Å². The number of hydrogen-bond donors (Lipinski definition) is 0. The van der Waals surface area contributed by atoms with Crippen LogP contribution in [0, 0.1) is 33.7 Å². The van der Waals surface area contributed by atoms with Crippen LogP contribution in [0.2, 0.25) is 2.82 Å². The molecule has 0 rings (SSSR count). The number of rotatable bonds is 1. The van der Waals surface area contributed by atoms with Gasteiger partial charge in [0, 0.05) is 0 Å². The van der Waals surface area contributed by atoms with Crippen molar-refractivity contribution in [2.45, 2.75) is 2.82 Å². The first-order valence-electron chi connectivity index (χ1n) is 1.22. The van der Waals surface area contributed by atoms with Gasteiger partial charge in [-0.05, 0) is 0 Å². The summed E-state index contributed by atoms with van der Waals surface area (Å²) in [5, 5.41) is 0. The van der Waals surface area contributed by atoms with E-state index in [1.807, 2.05) is 6.08 Å². The van der Waals surface area contributed by atoms with Crippen molar-refractivity contribution in [3.8, 4) is 0 Å². The molecule has 0 atom stereocenters. The second kappa shape index (κ2) is 3.93. The monoisotopic (exact) mass is 180 g/mol. The van der Waals surface area contributed by atoms with Crippen LogP contribution in [0.1, 0.15) is 0 Å². The Morgan fingerprint density at radius 3 is 2.25 bits per heavy atom. The molecule has 0 N–H and O–H groups in total. The van der Waals surface area contributed by atoms with Crippen molar-refractivity contribution in [3.05, 3.63) is 12.7 Å². The molecular formula is C3H5La. The summed E-state index contributed by atoms with van der Waals surface area (Å²) in [4.78, 5) is 0. The van der Waals surface area contributed by atoms with E-state index in [0.717, 1.165) is 33.7 Å². The molecule has 0 amide bonds. The van der Waals surface area contributed by atoms with Gasteiger partial charge < -0.3 is 0 Å². The predicted octanol–water partition coefficient (Wildman–Crippen LogP) is 1.14. The fraction of sp³-hybridized carbons (Fsp3) is 0.333. The molecule has 0 spiro atoms. The van der Waals surface area contributed by atoms with Crippen LogP contribution in [0.15, 0.2) is 12.7 Å². The third-order valence-electron chi connectivity index (χ3n) is 0.167. The maximum atomic E-state index is 3.52. The van der Waals surface area contributed by atoms with Crippen LogP contribution in [0.5, 0.6) is 0 Å². The average molecular weight is 180 g/mol.